The number of aromatic nitrogens is 4. The van der Waals surface area contributed by atoms with E-state index in [0.29, 0.717) is 43.4 Å². The molecule has 0 saturated carbocycles. The summed E-state index contributed by atoms with van der Waals surface area (Å²) in [5.74, 6) is 2.60. The lowest BCUT2D eigenvalue weighted by Crippen LogP contribution is -2.49. The van der Waals surface area contributed by atoms with Gasteiger partial charge >= 0.3 is 0 Å². The zero-order valence-corrected chi connectivity index (χ0v) is 16.0. The van der Waals surface area contributed by atoms with Gasteiger partial charge in [0.1, 0.15) is 5.82 Å². The SMILES string of the molecule is COc1ccc(C(=O)N2CCN(c3ccc(Nc4ccccn4)nn3)CC2)cn1. The third-order valence-corrected chi connectivity index (χ3v) is 4.65. The Kier molecular flexibility index (Phi) is 5.46. The summed E-state index contributed by atoms with van der Waals surface area (Å²) in [6.45, 7) is 2.61. The number of rotatable bonds is 5. The van der Waals surface area contributed by atoms with Crippen LogP contribution in [0, 0.1) is 0 Å². The number of nitrogens with one attached hydrogen (secondary N) is 1. The molecule has 0 bridgehead atoms. The van der Waals surface area contributed by atoms with Crippen molar-refractivity contribution in [2.24, 2.45) is 0 Å². The van der Waals surface area contributed by atoms with Crippen molar-refractivity contribution < 1.29 is 9.53 Å². The smallest absolute Gasteiger partial charge is 0.255 e. The van der Waals surface area contributed by atoms with Crippen molar-refractivity contribution in [3.05, 3.63) is 60.4 Å². The van der Waals surface area contributed by atoms with Gasteiger partial charge in [0, 0.05) is 44.6 Å². The van der Waals surface area contributed by atoms with Gasteiger partial charge in [-0.3, -0.25) is 4.79 Å². The summed E-state index contributed by atoms with van der Waals surface area (Å²) in [6, 6.07) is 12.8. The molecule has 3 aromatic rings. The van der Waals surface area contributed by atoms with E-state index < -0.39 is 0 Å². The summed E-state index contributed by atoms with van der Waals surface area (Å²) in [5, 5.41) is 11.6. The van der Waals surface area contributed by atoms with E-state index in [0.717, 1.165) is 11.6 Å². The van der Waals surface area contributed by atoms with Crippen molar-refractivity contribution in [1.82, 2.24) is 25.1 Å². The molecule has 9 nitrogen and oxygen atoms in total. The highest BCUT2D eigenvalue weighted by Crippen LogP contribution is 2.17. The molecule has 0 unspecified atom stereocenters. The van der Waals surface area contributed by atoms with E-state index in [2.05, 4.69) is 30.4 Å². The Balaban J connectivity index is 1.33. The number of hydrogen-bond acceptors (Lipinski definition) is 8. The number of ether oxygens (including phenoxy) is 1. The number of carbonyl (C=O) groups is 1. The number of nitrogens with zero attached hydrogens (tertiary/aromatic N) is 6. The third kappa shape index (κ3) is 4.40. The van der Waals surface area contributed by atoms with Crippen molar-refractivity contribution in [1.29, 1.82) is 0 Å². The van der Waals surface area contributed by atoms with E-state index in [1.54, 1.807) is 31.6 Å². The van der Waals surface area contributed by atoms with Crippen LogP contribution in [0.3, 0.4) is 0 Å². The fourth-order valence-electron chi connectivity index (χ4n) is 3.08. The maximum atomic E-state index is 12.6. The largest absolute Gasteiger partial charge is 0.481 e. The van der Waals surface area contributed by atoms with Gasteiger partial charge < -0.3 is 19.9 Å². The summed E-state index contributed by atoms with van der Waals surface area (Å²) in [5.41, 5.74) is 0.559. The Bertz CT molecular complexity index is 941. The van der Waals surface area contributed by atoms with E-state index in [4.69, 9.17) is 4.74 Å². The topological polar surface area (TPSA) is 96.4 Å². The summed E-state index contributed by atoms with van der Waals surface area (Å²) in [7, 11) is 1.55. The number of amides is 1. The molecule has 29 heavy (non-hydrogen) atoms. The van der Waals surface area contributed by atoms with Crippen LogP contribution in [0.5, 0.6) is 5.88 Å². The van der Waals surface area contributed by atoms with E-state index in [1.165, 1.54) is 0 Å². The van der Waals surface area contributed by atoms with Gasteiger partial charge in [0.05, 0.1) is 12.7 Å². The highest BCUT2D eigenvalue weighted by atomic mass is 16.5. The predicted molar refractivity (Wildman–Crippen MR) is 108 cm³/mol. The molecule has 4 rings (SSSR count). The van der Waals surface area contributed by atoms with Gasteiger partial charge in [-0.25, -0.2) is 9.97 Å². The van der Waals surface area contributed by atoms with Crippen LogP contribution in [0.2, 0.25) is 0 Å². The average molecular weight is 391 g/mol. The van der Waals surface area contributed by atoms with Gasteiger partial charge in [-0.1, -0.05) is 6.07 Å². The van der Waals surface area contributed by atoms with Gasteiger partial charge in [0.25, 0.3) is 5.91 Å². The molecule has 0 atom stereocenters. The molecule has 1 fully saturated rings. The van der Waals surface area contributed by atoms with Crippen LogP contribution in [0.15, 0.2) is 54.9 Å². The molecule has 1 saturated heterocycles. The average Bonchev–Trinajstić information content (AvgIpc) is 2.80. The highest BCUT2D eigenvalue weighted by molar-refractivity contribution is 5.94. The summed E-state index contributed by atoms with van der Waals surface area (Å²) in [6.07, 6.45) is 3.26. The first kappa shape index (κ1) is 18.6. The summed E-state index contributed by atoms with van der Waals surface area (Å²) in [4.78, 5) is 24.9. The first-order chi connectivity index (χ1) is 14.2. The van der Waals surface area contributed by atoms with Crippen molar-refractivity contribution in [3.8, 4) is 5.88 Å². The van der Waals surface area contributed by atoms with Crippen LogP contribution >= 0.6 is 0 Å². The van der Waals surface area contributed by atoms with E-state index in [1.807, 2.05) is 35.2 Å². The van der Waals surface area contributed by atoms with Crippen LogP contribution in [-0.4, -0.2) is 64.3 Å². The molecule has 9 heteroatoms. The minimum atomic E-state index is -0.0270. The Hall–Kier alpha value is -3.75. The van der Waals surface area contributed by atoms with E-state index >= 15 is 0 Å². The lowest BCUT2D eigenvalue weighted by Gasteiger charge is -2.35. The van der Waals surface area contributed by atoms with Crippen LogP contribution in [-0.2, 0) is 0 Å². The maximum Gasteiger partial charge on any atom is 0.255 e. The molecule has 4 heterocycles. The second kappa shape index (κ2) is 8.51. The molecule has 148 valence electrons. The zero-order valence-electron chi connectivity index (χ0n) is 16.0. The number of carbonyl (C=O) groups excluding carboxylic acids is 1. The van der Waals surface area contributed by atoms with Gasteiger partial charge in [0.2, 0.25) is 5.88 Å². The Morgan fingerprint density at radius 3 is 2.45 bits per heavy atom. The molecule has 0 aliphatic carbocycles. The van der Waals surface area contributed by atoms with E-state index in [-0.39, 0.29) is 5.91 Å². The Morgan fingerprint density at radius 1 is 0.966 bits per heavy atom. The van der Waals surface area contributed by atoms with E-state index in [9.17, 15) is 4.79 Å². The highest BCUT2D eigenvalue weighted by Gasteiger charge is 2.23. The van der Waals surface area contributed by atoms with Gasteiger partial charge in [-0.2, -0.15) is 0 Å². The first-order valence-corrected chi connectivity index (χ1v) is 9.29. The van der Waals surface area contributed by atoms with Crippen LogP contribution in [0.25, 0.3) is 0 Å². The fourth-order valence-corrected chi connectivity index (χ4v) is 3.08. The second-order valence-corrected chi connectivity index (χ2v) is 6.49. The molecule has 1 aliphatic heterocycles. The lowest BCUT2D eigenvalue weighted by atomic mass is 10.2. The van der Waals surface area contributed by atoms with Crippen LogP contribution < -0.4 is 15.0 Å². The van der Waals surface area contributed by atoms with Crippen molar-refractivity contribution in [2.45, 2.75) is 0 Å². The number of pyridine rings is 2. The van der Waals surface area contributed by atoms with Crippen molar-refractivity contribution in [2.75, 3.05) is 43.5 Å². The fraction of sp³-hybridized carbons (Fsp3) is 0.250. The molecule has 1 N–H and O–H groups in total. The molecule has 0 spiro atoms. The summed E-state index contributed by atoms with van der Waals surface area (Å²) < 4.78 is 5.04. The molecular weight excluding hydrogens is 370 g/mol. The predicted octanol–water partition coefficient (Wildman–Crippen LogP) is 1.98. The molecule has 1 aliphatic rings. The minimum Gasteiger partial charge on any atom is -0.481 e. The maximum absolute atomic E-state index is 12.6. The van der Waals surface area contributed by atoms with Crippen LogP contribution in [0.1, 0.15) is 10.4 Å². The second-order valence-electron chi connectivity index (χ2n) is 6.49. The monoisotopic (exact) mass is 391 g/mol. The quantitative estimate of drug-likeness (QED) is 0.705. The zero-order chi connectivity index (χ0) is 20.1. The lowest BCUT2D eigenvalue weighted by molar-refractivity contribution is 0.0746. The third-order valence-electron chi connectivity index (χ3n) is 4.65. The number of piperazine rings is 1. The van der Waals surface area contributed by atoms with Crippen LogP contribution in [0.4, 0.5) is 17.5 Å². The Morgan fingerprint density at radius 2 is 1.83 bits per heavy atom. The van der Waals surface area contributed by atoms with Crippen molar-refractivity contribution in [3.63, 3.8) is 0 Å². The number of anilines is 3. The molecular formula is C20H21N7O2. The Labute approximate surface area is 168 Å². The molecule has 0 aromatic carbocycles. The molecule has 0 radical (unpaired) electrons. The molecule has 3 aromatic heterocycles. The number of hydrogen-bond donors (Lipinski definition) is 1. The van der Waals surface area contributed by atoms with Gasteiger partial charge in [-0.05, 0) is 30.3 Å². The van der Waals surface area contributed by atoms with Gasteiger partial charge in [0.15, 0.2) is 11.6 Å². The van der Waals surface area contributed by atoms with Crippen molar-refractivity contribution >= 4 is 23.4 Å². The van der Waals surface area contributed by atoms with Gasteiger partial charge in [-0.15, -0.1) is 10.2 Å². The molecule has 1 amide bonds. The number of methoxy groups -OCH3 is 1. The standard InChI is InChI=1S/C20H21N7O2/c1-29-19-8-5-15(14-22-19)20(28)27-12-10-26(11-13-27)18-7-6-17(24-25-18)23-16-4-2-3-9-21-16/h2-9,14H,10-13H2,1H3,(H,21,23,24). The summed E-state index contributed by atoms with van der Waals surface area (Å²) >= 11 is 0. The first-order valence-electron chi connectivity index (χ1n) is 9.29. The normalized spacial score (nSPS) is 13.8. The minimum absolute atomic E-state index is 0.0270.